The molecule has 0 radical (unpaired) electrons. The standard InChI is InChI=1S/C14H22O2Si/c1-14(2,3)13(15)16-11-7-9-12(10-8-11)17(4,5)6/h7-10H,1-6H3. The summed E-state index contributed by atoms with van der Waals surface area (Å²) >= 11 is 0. The Labute approximate surface area is 105 Å². The highest BCUT2D eigenvalue weighted by Crippen LogP contribution is 2.19. The highest BCUT2D eigenvalue weighted by Gasteiger charge is 2.24. The third kappa shape index (κ3) is 4.00. The summed E-state index contributed by atoms with van der Waals surface area (Å²) in [7, 11) is -1.27. The van der Waals surface area contributed by atoms with E-state index >= 15 is 0 Å². The van der Waals surface area contributed by atoms with Crippen molar-refractivity contribution in [2.45, 2.75) is 40.4 Å². The van der Waals surface area contributed by atoms with Gasteiger partial charge in [-0.25, -0.2) is 0 Å². The third-order valence-electron chi connectivity index (χ3n) is 2.54. The van der Waals surface area contributed by atoms with Crippen LogP contribution in [-0.2, 0) is 4.79 Å². The van der Waals surface area contributed by atoms with Gasteiger partial charge in [-0.05, 0) is 32.9 Å². The summed E-state index contributed by atoms with van der Waals surface area (Å²) in [6.45, 7) is 12.4. The van der Waals surface area contributed by atoms with Gasteiger partial charge in [-0.3, -0.25) is 4.79 Å². The predicted molar refractivity (Wildman–Crippen MR) is 74.5 cm³/mol. The van der Waals surface area contributed by atoms with Gasteiger partial charge in [-0.1, -0.05) is 37.0 Å². The smallest absolute Gasteiger partial charge is 0.316 e. The van der Waals surface area contributed by atoms with Crippen molar-refractivity contribution in [3.63, 3.8) is 0 Å². The molecule has 0 aliphatic heterocycles. The first-order chi connectivity index (χ1) is 7.60. The molecule has 17 heavy (non-hydrogen) atoms. The van der Waals surface area contributed by atoms with E-state index in [4.69, 9.17) is 4.74 Å². The van der Waals surface area contributed by atoms with E-state index in [1.54, 1.807) is 0 Å². The molecule has 0 aromatic heterocycles. The highest BCUT2D eigenvalue weighted by molar-refractivity contribution is 6.88. The minimum atomic E-state index is -1.27. The lowest BCUT2D eigenvalue weighted by molar-refractivity contribution is -0.142. The quantitative estimate of drug-likeness (QED) is 0.458. The Morgan fingerprint density at radius 2 is 1.53 bits per heavy atom. The van der Waals surface area contributed by atoms with Crippen molar-refractivity contribution in [3.05, 3.63) is 24.3 Å². The van der Waals surface area contributed by atoms with Crippen molar-refractivity contribution in [3.8, 4) is 5.75 Å². The molecule has 0 N–H and O–H groups in total. The van der Waals surface area contributed by atoms with Crippen LogP contribution in [0.2, 0.25) is 19.6 Å². The lowest BCUT2D eigenvalue weighted by Gasteiger charge is -2.18. The van der Waals surface area contributed by atoms with E-state index in [1.165, 1.54) is 5.19 Å². The van der Waals surface area contributed by atoms with E-state index in [0.717, 1.165) is 0 Å². The molecule has 94 valence electrons. The van der Waals surface area contributed by atoms with Gasteiger partial charge in [0.15, 0.2) is 0 Å². The first-order valence-electron chi connectivity index (χ1n) is 5.93. The van der Waals surface area contributed by atoms with Crippen LogP contribution in [0.3, 0.4) is 0 Å². The van der Waals surface area contributed by atoms with Crippen LogP contribution >= 0.6 is 0 Å². The maximum atomic E-state index is 11.7. The van der Waals surface area contributed by atoms with Gasteiger partial charge in [0.1, 0.15) is 5.75 Å². The van der Waals surface area contributed by atoms with Crippen molar-refractivity contribution < 1.29 is 9.53 Å². The maximum Gasteiger partial charge on any atom is 0.316 e. The average molecular weight is 250 g/mol. The molecular formula is C14H22O2Si. The Balaban J connectivity index is 2.80. The number of carbonyl (C=O) groups is 1. The predicted octanol–water partition coefficient (Wildman–Crippen LogP) is 3.18. The molecule has 1 aromatic carbocycles. The third-order valence-corrected chi connectivity index (χ3v) is 4.61. The van der Waals surface area contributed by atoms with E-state index in [0.29, 0.717) is 5.75 Å². The molecule has 0 bridgehead atoms. The Bertz CT molecular complexity index is 394. The molecule has 0 unspecified atom stereocenters. The van der Waals surface area contributed by atoms with Crippen LogP contribution in [0.25, 0.3) is 0 Å². The van der Waals surface area contributed by atoms with E-state index in [2.05, 4.69) is 31.8 Å². The van der Waals surface area contributed by atoms with Crippen LogP contribution in [0.4, 0.5) is 0 Å². The number of hydrogen-bond acceptors (Lipinski definition) is 2. The lowest BCUT2D eigenvalue weighted by atomic mass is 9.97. The fraction of sp³-hybridized carbons (Fsp3) is 0.500. The molecule has 2 nitrogen and oxygen atoms in total. The van der Waals surface area contributed by atoms with Crippen LogP contribution in [0, 0.1) is 5.41 Å². The van der Waals surface area contributed by atoms with Crippen molar-refractivity contribution >= 4 is 19.2 Å². The first kappa shape index (κ1) is 14.0. The Hall–Kier alpha value is -1.09. The average Bonchev–Trinajstić information content (AvgIpc) is 2.15. The number of benzene rings is 1. The van der Waals surface area contributed by atoms with Gasteiger partial charge < -0.3 is 4.74 Å². The molecule has 0 saturated heterocycles. The molecule has 1 aromatic rings. The second kappa shape index (κ2) is 4.65. The van der Waals surface area contributed by atoms with E-state index in [9.17, 15) is 4.79 Å². The van der Waals surface area contributed by atoms with Gasteiger partial charge >= 0.3 is 5.97 Å². The Kier molecular flexibility index (Phi) is 3.82. The molecule has 3 heteroatoms. The molecule has 0 saturated carbocycles. The van der Waals surface area contributed by atoms with Crippen molar-refractivity contribution in [2.24, 2.45) is 5.41 Å². The lowest BCUT2D eigenvalue weighted by Crippen LogP contribution is -2.37. The summed E-state index contributed by atoms with van der Waals surface area (Å²) in [5.74, 6) is 0.435. The number of rotatable bonds is 2. The SMILES string of the molecule is CC(C)(C)C(=O)Oc1ccc([Si](C)(C)C)cc1. The van der Waals surface area contributed by atoms with Gasteiger partial charge in [0, 0.05) is 0 Å². The minimum absolute atomic E-state index is 0.196. The Morgan fingerprint density at radius 3 is 1.88 bits per heavy atom. The highest BCUT2D eigenvalue weighted by atomic mass is 28.3. The molecule has 0 aliphatic rings. The molecule has 0 atom stereocenters. The first-order valence-corrected chi connectivity index (χ1v) is 9.43. The van der Waals surface area contributed by atoms with Gasteiger partial charge in [-0.15, -0.1) is 0 Å². The van der Waals surface area contributed by atoms with Gasteiger partial charge in [0.05, 0.1) is 13.5 Å². The monoisotopic (exact) mass is 250 g/mol. The zero-order chi connectivity index (χ0) is 13.3. The summed E-state index contributed by atoms with van der Waals surface area (Å²) in [4.78, 5) is 11.7. The van der Waals surface area contributed by atoms with Gasteiger partial charge in [0.25, 0.3) is 0 Å². The molecule has 0 fully saturated rings. The van der Waals surface area contributed by atoms with E-state index in [1.807, 2.05) is 32.9 Å². The number of hydrogen-bond donors (Lipinski definition) is 0. The van der Waals surface area contributed by atoms with Crippen LogP contribution in [0.15, 0.2) is 24.3 Å². The topological polar surface area (TPSA) is 26.3 Å². The van der Waals surface area contributed by atoms with Crippen LogP contribution in [0.5, 0.6) is 5.75 Å². The van der Waals surface area contributed by atoms with E-state index in [-0.39, 0.29) is 5.97 Å². The summed E-state index contributed by atoms with van der Waals surface area (Å²) in [5.41, 5.74) is -0.461. The molecule has 0 aliphatic carbocycles. The number of esters is 1. The maximum absolute atomic E-state index is 11.7. The van der Waals surface area contributed by atoms with Gasteiger partial charge in [0.2, 0.25) is 0 Å². The second-order valence-electron chi connectivity index (χ2n) is 6.41. The molecule has 0 heterocycles. The Morgan fingerprint density at radius 1 is 1.06 bits per heavy atom. The molecular weight excluding hydrogens is 228 g/mol. The summed E-state index contributed by atoms with van der Waals surface area (Å²) < 4.78 is 5.32. The normalized spacial score (nSPS) is 12.4. The zero-order valence-corrected chi connectivity index (χ0v) is 12.6. The van der Waals surface area contributed by atoms with Crippen LogP contribution in [-0.4, -0.2) is 14.0 Å². The van der Waals surface area contributed by atoms with Crippen LogP contribution < -0.4 is 9.92 Å². The fourth-order valence-corrected chi connectivity index (χ4v) is 2.45. The number of ether oxygens (including phenoxy) is 1. The van der Waals surface area contributed by atoms with Crippen molar-refractivity contribution in [1.29, 1.82) is 0 Å². The summed E-state index contributed by atoms with van der Waals surface area (Å²) in [6.07, 6.45) is 0. The van der Waals surface area contributed by atoms with E-state index < -0.39 is 13.5 Å². The second-order valence-corrected chi connectivity index (χ2v) is 11.5. The van der Waals surface area contributed by atoms with Gasteiger partial charge in [-0.2, -0.15) is 0 Å². The minimum Gasteiger partial charge on any atom is -0.426 e. The largest absolute Gasteiger partial charge is 0.426 e. The zero-order valence-electron chi connectivity index (χ0n) is 11.6. The molecule has 0 spiro atoms. The summed E-state index contributed by atoms with van der Waals surface area (Å²) in [6, 6.07) is 7.91. The molecule has 1 rings (SSSR count). The van der Waals surface area contributed by atoms with Crippen molar-refractivity contribution in [2.75, 3.05) is 0 Å². The molecule has 0 amide bonds. The number of carbonyl (C=O) groups excluding carboxylic acids is 1. The van der Waals surface area contributed by atoms with Crippen molar-refractivity contribution in [1.82, 2.24) is 0 Å². The summed E-state index contributed by atoms with van der Waals surface area (Å²) in [5, 5.41) is 1.37. The fourth-order valence-electron chi connectivity index (χ4n) is 1.28. The van der Waals surface area contributed by atoms with Crippen LogP contribution in [0.1, 0.15) is 20.8 Å².